The number of rotatable bonds is 4. The van der Waals surface area contributed by atoms with E-state index in [2.05, 4.69) is 15.2 Å². The third kappa shape index (κ3) is 5.20. The SMILES string of the molecule is CC(C)(C)C1=CC(Oc2ccc(N=Nc3ccncc3)cc2)=C(C(C)(C)C)C(=O)C1=O. The number of ether oxygens (including phenoxy) is 1. The van der Waals surface area contributed by atoms with Crippen molar-refractivity contribution in [2.75, 3.05) is 0 Å². The van der Waals surface area contributed by atoms with Gasteiger partial charge in [-0.2, -0.15) is 10.2 Å². The zero-order valence-electron chi connectivity index (χ0n) is 18.8. The molecule has 2 aromatic rings. The highest BCUT2D eigenvalue weighted by Gasteiger charge is 2.40. The van der Waals surface area contributed by atoms with Crippen molar-refractivity contribution in [2.45, 2.75) is 41.5 Å². The maximum absolute atomic E-state index is 12.9. The molecule has 1 aromatic heterocycles. The Morgan fingerprint density at radius 3 is 1.81 bits per heavy atom. The maximum atomic E-state index is 12.9. The van der Waals surface area contributed by atoms with E-state index in [4.69, 9.17) is 4.74 Å². The van der Waals surface area contributed by atoms with Crippen molar-refractivity contribution < 1.29 is 14.3 Å². The van der Waals surface area contributed by atoms with Gasteiger partial charge >= 0.3 is 0 Å². The first-order valence-corrected chi connectivity index (χ1v) is 10.1. The van der Waals surface area contributed by atoms with Gasteiger partial charge in [-0.15, -0.1) is 0 Å². The van der Waals surface area contributed by atoms with Gasteiger partial charge in [-0.25, -0.2) is 0 Å². The van der Waals surface area contributed by atoms with Crippen LogP contribution in [0.15, 0.2) is 82.0 Å². The lowest BCUT2D eigenvalue weighted by Gasteiger charge is -2.31. The van der Waals surface area contributed by atoms with E-state index in [1.807, 2.05) is 41.5 Å². The molecular weight excluding hydrogens is 390 g/mol. The smallest absolute Gasteiger partial charge is 0.233 e. The van der Waals surface area contributed by atoms with E-state index in [1.165, 1.54) is 0 Å². The van der Waals surface area contributed by atoms with Crippen LogP contribution in [-0.4, -0.2) is 16.6 Å². The standard InChI is InChI=1S/C25H27N3O3/c1-24(2,3)19-15-20(21(25(4,5)6)23(30)22(19)29)31-18-9-7-16(8-10-18)27-28-17-11-13-26-14-12-17/h7-15H,1-6H3. The van der Waals surface area contributed by atoms with Gasteiger partial charge in [0.05, 0.1) is 16.9 Å². The molecule has 0 spiro atoms. The fourth-order valence-corrected chi connectivity index (χ4v) is 3.20. The molecule has 0 amide bonds. The molecule has 3 rings (SSSR count). The molecule has 0 unspecified atom stereocenters. The van der Waals surface area contributed by atoms with Crippen molar-refractivity contribution in [1.29, 1.82) is 0 Å². The third-order valence-electron chi connectivity index (χ3n) is 4.77. The Morgan fingerprint density at radius 1 is 0.742 bits per heavy atom. The first kappa shape index (κ1) is 22.3. The lowest BCUT2D eigenvalue weighted by Crippen LogP contribution is -2.35. The highest BCUT2D eigenvalue weighted by atomic mass is 16.5. The summed E-state index contributed by atoms with van der Waals surface area (Å²) >= 11 is 0. The van der Waals surface area contributed by atoms with E-state index in [-0.39, 0.29) is 0 Å². The van der Waals surface area contributed by atoms with Crippen LogP contribution < -0.4 is 4.74 Å². The zero-order valence-corrected chi connectivity index (χ0v) is 18.8. The molecule has 160 valence electrons. The summed E-state index contributed by atoms with van der Waals surface area (Å²) in [6, 6.07) is 10.6. The number of carbonyl (C=O) groups excluding carboxylic acids is 2. The van der Waals surface area contributed by atoms with E-state index < -0.39 is 22.4 Å². The van der Waals surface area contributed by atoms with Crippen molar-refractivity contribution in [2.24, 2.45) is 21.1 Å². The van der Waals surface area contributed by atoms with Gasteiger partial charge in [0.25, 0.3) is 0 Å². The molecule has 0 bridgehead atoms. The van der Waals surface area contributed by atoms with Crippen LogP contribution in [-0.2, 0) is 9.59 Å². The average Bonchev–Trinajstić information content (AvgIpc) is 2.69. The normalized spacial score (nSPS) is 15.5. The van der Waals surface area contributed by atoms with Gasteiger partial charge in [0.15, 0.2) is 0 Å². The van der Waals surface area contributed by atoms with Crippen LogP contribution in [0.25, 0.3) is 0 Å². The molecule has 6 heteroatoms. The maximum Gasteiger partial charge on any atom is 0.233 e. The van der Waals surface area contributed by atoms with Crippen molar-refractivity contribution in [1.82, 2.24) is 4.98 Å². The van der Waals surface area contributed by atoms with E-state index >= 15 is 0 Å². The fraction of sp³-hybridized carbons (Fsp3) is 0.320. The summed E-state index contributed by atoms with van der Waals surface area (Å²) in [7, 11) is 0. The molecule has 6 nitrogen and oxygen atoms in total. The number of hydrogen-bond donors (Lipinski definition) is 0. The highest BCUT2D eigenvalue weighted by molar-refractivity contribution is 6.50. The first-order chi connectivity index (χ1) is 14.5. The molecule has 1 aromatic carbocycles. The molecular formula is C25H27N3O3. The predicted molar refractivity (Wildman–Crippen MR) is 120 cm³/mol. The van der Waals surface area contributed by atoms with E-state index in [0.29, 0.717) is 34.0 Å². The molecule has 31 heavy (non-hydrogen) atoms. The van der Waals surface area contributed by atoms with Crippen LogP contribution in [0, 0.1) is 10.8 Å². The lowest BCUT2D eigenvalue weighted by atomic mass is 9.73. The van der Waals surface area contributed by atoms with Crippen molar-refractivity contribution in [3.8, 4) is 5.75 Å². The molecule has 0 saturated carbocycles. The number of hydrogen-bond acceptors (Lipinski definition) is 6. The van der Waals surface area contributed by atoms with Crippen LogP contribution >= 0.6 is 0 Å². The first-order valence-electron chi connectivity index (χ1n) is 10.1. The van der Waals surface area contributed by atoms with Gasteiger partial charge in [0, 0.05) is 18.0 Å². The molecule has 0 fully saturated rings. The highest BCUT2D eigenvalue weighted by Crippen LogP contribution is 2.39. The molecule has 0 saturated heterocycles. The number of Topliss-reactive ketones (excluding diaryl/α,β-unsaturated/α-hetero) is 2. The van der Waals surface area contributed by atoms with E-state index in [9.17, 15) is 9.59 Å². The predicted octanol–water partition coefficient (Wildman–Crippen LogP) is 6.30. The van der Waals surface area contributed by atoms with Gasteiger partial charge in [-0.1, -0.05) is 41.5 Å². The second kappa shape index (κ2) is 8.38. The van der Waals surface area contributed by atoms with Gasteiger partial charge in [-0.3, -0.25) is 14.6 Å². The van der Waals surface area contributed by atoms with Crippen LogP contribution in [0.5, 0.6) is 5.75 Å². The molecule has 0 N–H and O–H groups in total. The Kier molecular flexibility index (Phi) is 6.02. The van der Waals surface area contributed by atoms with Crippen LogP contribution in [0.1, 0.15) is 41.5 Å². The molecule has 1 heterocycles. The van der Waals surface area contributed by atoms with Crippen LogP contribution in [0.4, 0.5) is 11.4 Å². The zero-order chi connectivity index (χ0) is 22.8. The van der Waals surface area contributed by atoms with Crippen molar-refractivity contribution in [3.05, 3.63) is 71.8 Å². The molecule has 1 aliphatic carbocycles. The number of nitrogens with zero attached hydrogens (tertiary/aromatic N) is 3. The van der Waals surface area contributed by atoms with E-state index in [0.717, 1.165) is 0 Å². The number of benzene rings is 1. The number of allylic oxidation sites excluding steroid dienone is 3. The van der Waals surface area contributed by atoms with Crippen molar-refractivity contribution in [3.63, 3.8) is 0 Å². The molecule has 0 atom stereocenters. The van der Waals surface area contributed by atoms with Crippen LogP contribution in [0.3, 0.4) is 0 Å². The number of ketones is 2. The fourth-order valence-electron chi connectivity index (χ4n) is 3.20. The Balaban J connectivity index is 1.92. The largest absolute Gasteiger partial charge is 0.457 e. The number of pyridine rings is 1. The van der Waals surface area contributed by atoms with Gasteiger partial charge in [0.1, 0.15) is 11.5 Å². The molecule has 0 aliphatic heterocycles. The molecule has 1 aliphatic rings. The van der Waals surface area contributed by atoms with Gasteiger partial charge < -0.3 is 4.74 Å². The third-order valence-corrected chi connectivity index (χ3v) is 4.77. The number of aromatic nitrogens is 1. The lowest BCUT2D eigenvalue weighted by molar-refractivity contribution is -0.133. The summed E-state index contributed by atoms with van der Waals surface area (Å²) in [5.74, 6) is -0.00574. The molecule has 0 radical (unpaired) electrons. The number of carbonyl (C=O) groups is 2. The average molecular weight is 418 g/mol. The second-order valence-electron chi connectivity index (χ2n) is 9.46. The quantitative estimate of drug-likeness (QED) is 0.332. The second-order valence-corrected chi connectivity index (χ2v) is 9.46. The van der Waals surface area contributed by atoms with Gasteiger partial charge in [0.2, 0.25) is 11.6 Å². The summed E-state index contributed by atoms with van der Waals surface area (Å²) in [4.78, 5) is 29.6. The topological polar surface area (TPSA) is 81.0 Å². The Bertz CT molecular complexity index is 1080. The van der Waals surface area contributed by atoms with Gasteiger partial charge in [-0.05, 0) is 53.3 Å². The minimum Gasteiger partial charge on any atom is -0.457 e. The Hall–Kier alpha value is -3.41. The monoisotopic (exact) mass is 417 g/mol. The minimum absolute atomic E-state index is 0.381. The Morgan fingerprint density at radius 2 is 1.29 bits per heavy atom. The summed E-state index contributed by atoms with van der Waals surface area (Å²) in [5, 5.41) is 8.37. The minimum atomic E-state index is -0.541. The summed E-state index contributed by atoms with van der Waals surface area (Å²) in [5.41, 5.74) is 1.19. The summed E-state index contributed by atoms with van der Waals surface area (Å²) in [6.45, 7) is 11.4. The Labute approximate surface area is 182 Å². The number of azo groups is 1. The van der Waals surface area contributed by atoms with E-state index in [1.54, 1.807) is 54.9 Å². The van der Waals surface area contributed by atoms with Crippen LogP contribution in [0.2, 0.25) is 0 Å². The van der Waals surface area contributed by atoms with Crippen molar-refractivity contribution >= 4 is 22.9 Å². The summed E-state index contributed by atoms with van der Waals surface area (Å²) in [6.07, 6.45) is 5.02. The summed E-state index contributed by atoms with van der Waals surface area (Å²) < 4.78 is 6.11.